The number of carbonyl (C=O) groups is 2. The van der Waals surface area contributed by atoms with E-state index in [0.29, 0.717) is 38.3 Å². The molecule has 1 fully saturated rings. The summed E-state index contributed by atoms with van der Waals surface area (Å²) in [7, 11) is 0. The molecule has 0 bridgehead atoms. The molecule has 6 heteroatoms. The van der Waals surface area contributed by atoms with Crippen LogP contribution in [0, 0.1) is 13.8 Å². The summed E-state index contributed by atoms with van der Waals surface area (Å²) in [5, 5.41) is 0. The topological polar surface area (TPSA) is 72.2 Å². The lowest BCUT2D eigenvalue weighted by Gasteiger charge is -2.22. The third-order valence-electron chi connectivity index (χ3n) is 4.56. The molecule has 1 aliphatic rings. The second-order valence-electron chi connectivity index (χ2n) is 6.39. The van der Waals surface area contributed by atoms with Gasteiger partial charge in [-0.2, -0.15) is 0 Å². The van der Waals surface area contributed by atoms with Crippen LogP contribution in [0.2, 0.25) is 0 Å². The predicted octanol–water partition coefficient (Wildman–Crippen LogP) is 1.88. The average molecular weight is 328 g/mol. The molecule has 0 aromatic carbocycles. The number of aryl methyl sites for hydroxylation is 2. The molecule has 0 saturated carbocycles. The lowest BCUT2D eigenvalue weighted by atomic mass is 10.1. The first-order valence-electron chi connectivity index (χ1n) is 8.40. The summed E-state index contributed by atoms with van der Waals surface area (Å²) < 4.78 is 0. The predicted molar refractivity (Wildman–Crippen MR) is 91.9 cm³/mol. The summed E-state index contributed by atoms with van der Waals surface area (Å²) in [5.41, 5.74) is 3.79. The third-order valence-corrected chi connectivity index (χ3v) is 4.56. The molecule has 3 rings (SSSR count). The van der Waals surface area contributed by atoms with Crippen LogP contribution in [0.25, 0.3) is 0 Å². The van der Waals surface area contributed by atoms with Crippen LogP contribution in [-0.4, -0.2) is 57.8 Å². The molecule has 2 N–H and O–H groups in total. The average Bonchev–Trinajstić information content (AvgIpc) is 3.10. The van der Waals surface area contributed by atoms with Crippen molar-refractivity contribution in [3.05, 3.63) is 47.0 Å². The van der Waals surface area contributed by atoms with E-state index in [-0.39, 0.29) is 11.8 Å². The van der Waals surface area contributed by atoms with Gasteiger partial charge in [-0.15, -0.1) is 0 Å². The maximum atomic E-state index is 12.6. The van der Waals surface area contributed by atoms with Crippen LogP contribution < -0.4 is 0 Å². The van der Waals surface area contributed by atoms with Gasteiger partial charge >= 0.3 is 0 Å². The summed E-state index contributed by atoms with van der Waals surface area (Å²) in [5.74, 6) is 0.137. The molecule has 128 valence electrons. The van der Waals surface area contributed by atoms with E-state index in [0.717, 1.165) is 23.4 Å². The zero-order valence-corrected chi connectivity index (χ0v) is 14.3. The Morgan fingerprint density at radius 1 is 1.12 bits per heavy atom. The summed E-state index contributed by atoms with van der Waals surface area (Å²) in [6.45, 7) is 6.55. The molecule has 3 heterocycles. The van der Waals surface area contributed by atoms with Crippen LogP contribution in [0.15, 0.2) is 24.4 Å². The van der Waals surface area contributed by atoms with Gasteiger partial charge in [0.2, 0.25) is 5.91 Å². The molecular formula is C18H24N4O2. The third kappa shape index (κ3) is 3.53. The molecule has 24 heavy (non-hydrogen) atoms. The smallest absolute Gasteiger partial charge is 0.270 e. The molecule has 1 saturated heterocycles. The molecule has 0 spiro atoms. The van der Waals surface area contributed by atoms with Gasteiger partial charge in [-0.25, -0.2) is 0 Å². The van der Waals surface area contributed by atoms with E-state index in [9.17, 15) is 9.59 Å². The number of hydrogen-bond donors (Lipinski definition) is 2. The van der Waals surface area contributed by atoms with Crippen molar-refractivity contribution in [2.45, 2.75) is 26.7 Å². The first-order chi connectivity index (χ1) is 11.5. The maximum absolute atomic E-state index is 12.6. The number of H-pyrrole nitrogens is 2. The standard InChI is InChI=1S/C18H24N4O2/c1-13-11-15(14(2)20-13)12-17(23)21-7-4-8-22(10-9-21)18(24)16-5-3-6-19-16/h3,5-6,11,19-20H,4,7-10,12H2,1-2H3. The van der Waals surface area contributed by atoms with Crippen LogP contribution in [-0.2, 0) is 11.2 Å². The Labute approximate surface area is 141 Å². The van der Waals surface area contributed by atoms with Crippen molar-refractivity contribution in [1.29, 1.82) is 0 Å². The van der Waals surface area contributed by atoms with Gasteiger partial charge in [0.25, 0.3) is 5.91 Å². The van der Waals surface area contributed by atoms with E-state index in [2.05, 4.69) is 9.97 Å². The quantitative estimate of drug-likeness (QED) is 0.903. The summed E-state index contributed by atoms with van der Waals surface area (Å²) in [4.78, 5) is 34.9. The van der Waals surface area contributed by atoms with Gasteiger partial charge in [0, 0.05) is 43.8 Å². The Morgan fingerprint density at radius 3 is 2.54 bits per heavy atom. The highest BCUT2D eigenvalue weighted by atomic mass is 16.2. The number of aromatic nitrogens is 2. The molecule has 0 atom stereocenters. The molecule has 6 nitrogen and oxygen atoms in total. The Kier molecular flexibility index (Phi) is 4.74. The minimum absolute atomic E-state index is 0.00593. The minimum atomic E-state index is 0.00593. The van der Waals surface area contributed by atoms with E-state index in [1.54, 1.807) is 12.3 Å². The first kappa shape index (κ1) is 16.4. The van der Waals surface area contributed by atoms with Gasteiger partial charge < -0.3 is 19.8 Å². The van der Waals surface area contributed by atoms with Crippen molar-refractivity contribution in [3.8, 4) is 0 Å². The number of amides is 2. The number of aromatic amines is 2. The van der Waals surface area contributed by atoms with Crippen molar-refractivity contribution < 1.29 is 9.59 Å². The van der Waals surface area contributed by atoms with E-state index in [1.807, 2.05) is 35.8 Å². The van der Waals surface area contributed by atoms with Crippen molar-refractivity contribution in [3.63, 3.8) is 0 Å². The molecule has 2 amide bonds. The van der Waals surface area contributed by atoms with Gasteiger partial charge in [-0.3, -0.25) is 9.59 Å². The Bertz CT molecular complexity index is 717. The van der Waals surface area contributed by atoms with Crippen molar-refractivity contribution in [2.24, 2.45) is 0 Å². The molecule has 0 unspecified atom stereocenters. The molecule has 0 aliphatic carbocycles. The van der Waals surface area contributed by atoms with Gasteiger partial charge in [0.15, 0.2) is 0 Å². The van der Waals surface area contributed by atoms with Gasteiger partial charge in [0.1, 0.15) is 5.69 Å². The Balaban J connectivity index is 1.60. The van der Waals surface area contributed by atoms with Crippen LogP contribution in [0.3, 0.4) is 0 Å². The fourth-order valence-corrected chi connectivity index (χ4v) is 3.24. The van der Waals surface area contributed by atoms with E-state index < -0.39 is 0 Å². The van der Waals surface area contributed by atoms with Gasteiger partial charge in [-0.1, -0.05) is 0 Å². The highest BCUT2D eigenvalue weighted by molar-refractivity contribution is 5.92. The maximum Gasteiger partial charge on any atom is 0.270 e. The molecule has 1 aliphatic heterocycles. The zero-order valence-electron chi connectivity index (χ0n) is 14.3. The van der Waals surface area contributed by atoms with Crippen molar-refractivity contribution in [2.75, 3.05) is 26.2 Å². The number of nitrogens with one attached hydrogen (secondary N) is 2. The number of carbonyl (C=O) groups excluding carboxylic acids is 2. The van der Waals surface area contributed by atoms with Crippen LogP contribution in [0.5, 0.6) is 0 Å². The van der Waals surface area contributed by atoms with E-state index >= 15 is 0 Å². The monoisotopic (exact) mass is 328 g/mol. The molecule has 2 aromatic rings. The lowest BCUT2D eigenvalue weighted by molar-refractivity contribution is -0.130. The highest BCUT2D eigenvalue weighted by Crippen LogP contribution is 2.13. The Hall–Kier alpha value is -2.50. The van der Waals surface area contributed by atoms with Crippen LogP contribution in [0.1, 0.15) is 33.9 Å². The number of nitrogens with zero attached hydrogens (tertiary/aromatic N) is 2. The fourth-order valence-electron chi connectivity index (χ4n) is 3.24. The van der Waals surface area contributed by atoms with Gasteiger partial charge in [0.05, 0.1) is 6.42 Å². The summed E-state index contributed by atoms with van der Waals surface area (Å²) >= 11 is 0. The Morgan fingerprint density at radius 2 is 1.88 bits per heavy atom. The van der Waals surface area contributed by atoms with Gasteiger partial charge in [-0.05, 0) is 44.0 Å². The van der Waals surface area contributed by atoms with Crippen molar-refractivity contribution in [1.82, 2.24) is 19.8 Å². The highest BCUT2D eigenvalue weighted by Gasteiger charge is 2.23. The second-order valence-corrected chi connectivity index (χ2v) is 6.39. The number of hydrogen-bond acceptors (Lipinski definition) is 2. The van der Waals surface area contributed by atoms with E-state index in [1.165, 1.54) is 0 Å². The van der Waals surface area contributed by atoms with E-state index in [4.69, 9.17) is 0 Å². The van der Waals surface area contributed by atoms with Crippen LogP contribution >= 0.6 is 0 Å². The molecule has 0 radical (unpaired) electrons. The fraction of sp³-hybridized carbons (Fsp3) is 0.444. The number of rotatable bonds is 3. The summed E-state index contributed by atoms with van der Waals surface area (Å²) in [6.07, 6.45) is 2.98. The first-order valence-corrected chi connectivity index (χ1v) is 8.40. The minimum Gasteiger partial charge on any atom is -0.362 e. The van der Waals surface area contributed by atoms with Crippen LogP contribution in [0.4, 0.5) is 0 Å². The van der Waals surface area contributed by atoms with Crippen molar-refractivity contribution >= 4 is 11.8 Å². The second kappa shape index (κ2) is 6.95. The normalized spacial score (nSPS) is 15.4. The largest absolute Gasteiger partial charge is 0.362 e. The molecule has 2 aromatic heterocycles. The molecular weight excluding hydrogens is 304 g/mol. The SMILES string of the molecule is Cc1cc(CC(=O)N2CCCN(C(=O)c3ccc[nH]3)CC2)c(C)[nH]1. The summed E-state index contributed by atoms with van der Waals surface area (Å²) in [6, 6.07) is 5.64. The lowest BCUT2D eigenvalue weighted by Crippen LogP contribution is -2.38. The zero-order chi connectivity index (χ0) is 17.1.